The topological polar surface area (TPSA) is 18.5 Å². The van der Waals surface area contributed by atoms with Gasteiger partial charge in [0.15, 0.2) is 0 Å². The first-order valence-electron chi connectivity index (χ1n) is 5.91. The third-order valence-electron chi connectivity index (χ3n) is 2.93. The SMILES string of the molecule is COC1=CC=C(OCc2ccccc2)CC1C. The average molecular weight is 230 g/mol. The molecule has 0 aliphatic heterocycles. The fraction of sp³-hybridized carbons (Fsp3) is 0.333. The zero-order valence-corrected chi connectivity index (χ0v) is 10.3. The summed E-state index contributed by atoms with van der Waals surface area (Å²) < 4.78 is 11.1. The number of hydrogen-bond acceptors (Lipinski definition) is 2. The van der Waals surface area contributed by atoms with Crippen molar-refractivity contribution >= 4 is 0 Å². The van der Waals surface area contributed by atoms with Crippen LogP contribution in [0.15, 0.2) is 54.0 Å². The number of hydrogen-bond donors (Lipinski definition) is 0. The van der Waals surface area contributed by atoms with E-state index < -0.39 is 0 Å². The molecule has 1 unspecified atom stereocenters. The van der Waals surface area contributed by atoms with E-state index >= 15 is 0 Å². The van der Waals surface area contributed by atoms with Gasteiger partial charge in [-0.15, -0.1) is 0 Å². The standard InChI is InChI=1S/C15H18O2/c1-12-10-14(8-9-15(12)16-2)17-11-13-6-4-3-5-7-13/h3-9,12H,10-11H2,1-2H3. The van der Waals surface area contributed by atoms with Crippen LogP contribution in [0.4, 0.5) is 0 Å². The Labute approximate surface area is 103 Å². The van der Waals surface area contributed by atoms with Crippen LogP contribution in [0.3, 0.4) is 0 Å². The van der Waals surface area contributed by atoms with Crippen molar-refractivity contribution in [1.29, 1.82) is 0 Å². The molecule has 2 heteroatoms. The molecular weight excluding hydrogens is 212 g/mol. The van der Waals surface area contributed by atoms with Crippen LogP contribution in [-0.2, 0) is 16.1 Å². The highest BCUT2D eigenvalue weighted by Crippen LogP contribution is 2.26. The molecule has 0 amide bonds. The lowest BCUT2D eigenvalue weighted by molar-refractivity contribution is 0.166. The number of rotatable bonds is 4. The van der Waals surface area contributed by atoms with Gasteiger partial charge in [0.25, 0.3) is 0 Å². The highest BCUT2D eigenvalue weighted by atomic mass is 16.5. The minimum Gasteiger partial charge on any atom is -0.501 e. The van der Waals surface area contributed by atoms with Crippen molar-refractivity contribution in [3.63, 3.8) is 0 Å². The maximum Gasteiger partial charge on any atom is 0.113 e. The molecule has 0 radical (unpaired) electrons. The molecule has 1 aliphatic rings. The molecule has 2 nitrogen and oxygen atoms in total. The largest absolute Gasteiger partial charge is 0.501 e. The van der Waals surface area contributed by atoms with Gasteiger partial charge in [0.05, 0.1) is 18.6 Å². The van der Waals surface area contributed by atoms with Crippen molar-refractivity contribution in [3.05, 3.63) is 59.6 Å². The predicted octanol–water partition coefficient (Wildman–Crippen LogP) is 3.66. The Morgan fingerprint density at radius 3 is 2.59 bits per heavy atom. The molecule has 0 bridgehead atoms. The molecule has 17 heavy (non-hydrogen) atoms. The van der Waals surface area contributed by atoms with Crippen LogP contribution in [-0.4, -0.2) is 7.11 Å². The molecule has 0 saturated heterocycles. The van der Waals surface area contributed by atoms with E-state index in [1.165, 1.54) is 5.56 Å². The molecule has 90 valence electrons. The van der Waals surface area contributed by atoms with Crippen molar-refractivity contribution < 1.29 is 9.47 Å². The molecule has 0 spiro atoms. The van der Waals surface area contributed by atoms with Crippen LogP contribution in [0.1, 0.15) is 18.9 Å². The molecule has 2 rings (SSSR count). The maximum atomic E-state index is 5.79. The molecule has 0 N–H and O–H groups in total. The van der Waals surface area contributed by atoms with Crippen molar-refractivity contribution in [2.24, 2.45) is 5.92 Å². The Kier molecular flexibility index (Phi) is 3.86. The van der Waals surface area contributed by atoms with Crippen LogP contribution in [0, 0.1) is 5.92 Å². The Morgan fingerprint density at radius 2 is 1.94 bits per heavy atom. The third kappa shape index (κ3) is 3.13. The van der Waals surface area contributed by atoms with Gasteiger partial charge < -0.3 is 9.47 Å². The van der Waals surface area contributed by atoms with Gasteiger partial charge in [-0.25, -0.2) is 0 Å². The molecule has 0 heterocycles. The van der Waals surface area contributed by atoms with Crippen molar-refractivity contribution in [1.82, 2.24) is 0 Å². The molecular formula is C15H18O2. The summed E-state index contributed by atoms with van der Waals surface area (Å²) in [4.78, 5) is 0. The second-order valence-electron chi connectivity index (χ2n) is 4.29. The maximum absolute atomic E-state index is 5.79. The Morgan fingerprint density at radius 1 is 1.18 bits per heavy atom. The smallest absolute Gasteiger partial charge is 0.113 e. The normalized spacial score (nSPS) is 19.3. The van der Waals surface area contributed by atoms with Gasteiger partial charge in [-0.2, -0.15) is 0 Å². The van der Waals surface area contributed by atoms with Crippen molar-refractivity contribution in [2.45, 2.75) is 20.0 Å². The third-order valence-corrected chi connectivity index (χ3v) is 2.93. The number of allylic oxidation sites excluding steroid dienone is 4. The first-order chi connectivity index (χ1) is 8.29. The van der Waals surface area contributed by atoms with Gasteiger partial charge in [0.2, 0.25) is 0 Å². The highest BCUT2D eigenvalue weighted by molar-refractivity contribution is 5.20. The fourth-order valence-corrected chi connectivity index (χ4v) is 1.94. The number of benzene rings is 1. The highest BCUT2D eigenvalue weighted by Gasteiger charge is 2.16. The number of methoxy groups -OCH3 is 1. The van der Waals surface area contributed by atoms with E-state index in [4.69, 9.17) is 9.47 Å². The lowest BCUT2D eigenvalue weighted by Crippen LogP contribution is -2.08. The second-order valence-corrected chi connectivity index (χ2v) is 4.29. The average Bonchev–Trinajstić information content (AvgIpc) is 2.38. The van der Waals surface area contributed by atoms with Gasteiger partial charge in [-0.3, -0.25) is 0 Å². The van der Waals surface area contributed by atoms with Crippen LogP contribution in [0.2, 0.25) is 0 Å². The zero-order chi connectivity index (χ0) is 12.1. The molecule has 1 aromatic rings. The molecule has 1 aromatic carbocycles. The molecule has 1 aliphatic carbocycles. The van der Waals surface area contributed by atoms with Crippen LogP contribution in [0.5, 0.6) is 0 Å². The van der Waals surface area contributed by atoms with Crippen LogP contribution < -0.4 is 0 Å². The summed E-state index contributed by atoms with van der Waals surface area (Å²) in [5.41, 5.74) is 1.20. The van der Waals surface area contributed by atoms with Gasteiger partial charge in [-0.1, -0.05) is 37.3 Å². The van der Waals surface area contributed by atoms with Crippen molar-refractivity contribution in [3.8, 4) is 0 Å². The van der Waals surface area contributed by atoms with E-state index in [0.29, 0.717) is 12.5 Å². The van der Waals surface area contributed by atoms with Gasteiger partial charge in [-0.05, 0) is 17.7 Å². The molecule has 0 aromatic heterocycles. The Bertz CT molecular complexity index is 418. The minimum atomic E-state index is 0.399. The second kappa shape index (κ2) is 5.58. The van der Waals surface area contributed by atoms with Gasteiger partial charge in [0, 0.05) is 12.3 Å². The molecule has 1 atom stereocenters. The summed E-state index contributed by atoms with van der Waals surface area (Å²) in [6, 6.07) is 10.2. The summed E-state index contributed by atoms with van der Waals surface area (Å²) in [5.74, 6) is 2.45. The van der Waals surface area contributed by atoms with E-state index in [9.17, 15) is 0 Å². The number of ether oxygens (including phenoxy) is 2. The first-order valence-corrected chi connectivity index (χ1v) is 5.91. The van der Waals surface area contributed by atoms with E-state index in [1.54, 1.807) is 7.11 Å². The van der Waals surface area contributed by atoms with Crippen LogP contribution >= 0.6 is 0 Å². The molecule has 0 fully saturated rings. The fourth-order valence-electron chi connectivity index (χ4n) is 1.94. The first kappa shape index (κ1) is 11.8. The summed E-state index contributed by atoms with van der Waals surface area (Å²) in [6.07, 6.45) is 4.91. The summed E-state index contributed by atoms with van der Waals surface area (Å²) in [7, 11) is 1.71. The van der Waals surface area contributed by atoms with E-state index in [1.807, 2.05) is 30.4 Å². The van der Waals surface area contributed by atoms with Crippen LogP contribution in [0.25, 0.3) is 0 Å². The summed E-state index contributed by atoms with van der Waals surface area (Å²) in [6.45, 7) is 2.78. The quantitative estimate of drug-likeness (QED) is 0.786. The lowest BCUT2D eigenvalue weighted by atomic mass is 9.99. The van der Waals surface area contributed by atoms with E-state index in [2.05, 4.69) is 19.1 Å². The zero-order valence-electron chi connectivity index (χ0n) is 10.3. The lowest BCUT2D eigenvalue weighted by Gasteiger charge is -2.20. The van der Waals surface area contributed by atoms with Gasteiger partial charge in [0.1, 0.15) is 6.61 Å². The molecule has 0 saturated carbocycles. The summed E-state index contributed by atoms with van der Waals surface area (Å²) >= 11 is 0. The predicted molar refractivity (Wildman–Crippen MR) is 68.2 cm³/mol. The van der Waals surface area contributed by atoms with E-state index in [0.717, 1.165) is 17.9 Å². The Hall–Kier alpha value is -1.70. The summed E-state index contributed by atoms with van der Waals surface area (Å²) in [5, 5.41) is 0. The van der Waals surface area contributed by atoms with Gasteiger partial charge >= 0.3 is 0 Å². The van der Waals surface area contributed by atoms with E-state index in [-0.39, 0.29) is 0 Å². The minimum absolute atomic E-state index is 0.399. The van der Waals surface area contributed by atoms with Crippen molar-refractivity contribution in [2.75, 3.05) is 7.11 Å². The monoisotopic (exact) mass is 230 g/mol. The Balaban J connectivity index is 1.93.